The molecule has 2 fully saturated rings. The van der Waals surface area contributed by atoms with Gasteiger partial charge in [0.1, 0.15) is 0 Å². The van der Waals surface area contributed by atoms with Crippen LogP contribution in [0.25, 0.3) is 0 Å². The van der Waals surface area contributed by atoms with Crippen LogP contribution in [-0.4, -0.2) is 18.0 Å². The zero-order valence-corrected chi connectivity index (χ0v) is 8.84. The Kier molecular flexibility index (Phi) is 3.27. The number of hydrogen-bond donors (Lipinski definition) is 2. The van der Waals surface area contributed by atoms with E-state index < -0.39 is 0 Å². The largest absolute Gasteiger partial charge is 0.370 e. The van der Waals surface area contributed by atoms with Crippen LogP contribution < -0.4 is 11.1 Å². The van der Waals surface area contributed by atoms with Gasteiger partial charge in [-0.3, -0.25) is 4.99 Å². The van der Waals surface area contributed by atoms with Gasteiger partial charge in [-0.2, -0.15) is 0 Å². The molecule has 0 radical (unpaired) electrons. The molecule has 0 aromatic carbocycles. The van der Waals surface area contributed by atoms with Gasteiger partial charge in [-0.05, 0) is 25.7 Å². The molecule has 2 aliphatic carbocycles. The Labute approximate surface area is 86.2 Å². The predicted octanol–water partition coefficient (Wildman–Crippen LogP) is 1.78. The van der Waals surface area contributed by atoms with Crippen LogP contribution >= 0.6 is 0 Å². The van der Waals surface area contributed by atoms with Gasteiger partial charge < -0.3 is 11.1 Å². The monoisotopic (exact) mass is 195 g/mol. The highest BCUT2D eigenvalue weighted by atomic mass is 15.1. The highest BCUT2D eigenvalue weighted by Gasteiger charge is 2.17. The summed E-state index contributed by atoms with van der Waals surface area (Å²) >= 11 is 0. The summed E-state index contributed by atoms with van der Waals surface area (Å²) in [5, 5.41) is 3.33. The maximum atomic E-state index is 5.87. The number of nitrogens with two attached hydrogens (primary N) is 1. The minimum absolute atomic E-state index is 0.504. The van der Waals surface area contributed by atoms with Gasteiger partial charge in [0, 0.05) is 6.04 Å². The molecule has 0 spiro atoms. The zero-order chi connectivity index (χ0) is 9.80. The summed E-state index contributed by atoms with van der Waals surface area (Å²) in [6.45, 7) is 0. The normalized spacial score (nSPS) is 25.9. The second kappa shape index (κ2) is 4.67. The van der Waals surface area contributed by atoms with E-state index in [1.165, 1.54) is 51.4 Å². The van der Waals surface area contributed by atoms with Crippen molar-refractivity contribution in [2.75, 3.05) is 0 Å². The van der Waals surface area contributed by atoms with Gasteiger partial charge in [-0.15, -0.1) is 0 Å². The maximum Gasteiger partial charge on any atom is 0.189 e. The van der Waals surface area contributed by atoms with Crippen LogP contribution in [0, 0.1) is 0 Å². The minimum atomic E-state index is 0.504. The Morgan fingerprint density at radius 3 is 2.21 bits per heavy atom. The number of hydrogen-bond acceptors (Lipinski definition) is 1. The molecule has 3 heteroatoms. The first-order valence-electron chi connectivity index (χ1n) is 5.94. The molecule has 3 N–H and O–H groups in total. The molecular formula is C11H21N3. The average molecular weight is 195 g/mol. The lowest BCUT2D eigenvalue weighted by atomic mass is 10.2. The van der Waals surface area contributed by atoms with Crippen LogP contribution in [0.4, 0.5) is 0 Å². The van der Waals surface area contributed by atoms with E-state index in [4.69, 9.17) is 5.73 Å². The molecule has 3 nitrogen and oxygen atoms in total. The molecule has 0 amide bonds. The smallest absolute Gasteiger partial charge is 0.189 e. The van der Waals surface area contributed by atoms with E-state index in [1.807, 2.05) is 0 Å². The van der Waals surface area contributed by atoms with Crippen molar-refractivity contribution >= 4 is 5.96 Å². The highest BCUT2D eigenvalue weighted by molar-refractivity contribution is 5.78. The first kappa shape index (κ1) is 9.81. The van der Waals surface area contributed by atoms with Crippen molar-refractivity contribution in [3.63, 3.8) is 0 Å². The predicted molar refractivity (Wildman–Crippen MR) is 59.3 cm³/mol. The lowest BCUT2D eigenvalue weighted by molar-refractivity contribution is 0.615. The van der Waals surface area contributed by atoms with Crippen molar-refractivity contribution in [1.82, 2.24) is 5.32 Å². The van der Waals surface area contributed by atoms with Crippen LogP contribution in [0.15, 0.2) is 4.99 Å². The van der Waals surface area contributed by atoms with Crippen molar-refractivity contribution < 1.29 is 0 Å². The van der Waals surface area contributed by atoms with E-state index in [-0.39, 0.29) is 0 Å². The lowest BCUT2D eigenvalue weighted by Crippen LogP contribution is -2.39. The standard InChI is InChI=1S/C11H21N3/c12-11(13-9-5-1-2-6-9)14-10-7-3-4-8-10/h9-10H,1-8H2,(H3,12,13,14). The van der Waals surface area contributed by atoms with Crippen LogP contribution in [0.2, 0.25) is 0 Å². The van der Waals surface area contributed by atoms with Gasteiger partial charge in [0.25, 0.3) is 0 Å². The summed E-state index contributed by atoms with van der Waals surface area (Å²) in [6.07, 6.45) is 10.3. The molecule has 2 aliphatic rings. The van der Waals surface area contributed by atoms with Gasteiger partial charge in [0.05, 0.1) is 6.04 Å². The fraction of sp³-hybridized carbons (Fsp3) is 0.909. The summed E-state index contributed by atoms with van der Waals surface area (Å²) in [4.78, 5) is 4.52. The Bertz CT molecular complexity index is 201. The fourth-order valence-corrected chi connectivity index (χ4v) is 2.55. The first-order chi connectivity index (χ1) is 6.84. The molecule has 14 heavy (non-hydrogen) atoms. The average Bonchev–Trinajstić information content (AvgIpc) is 2.76. The maximum absolute atomic E-state index is 5.87. The third-order valence-corrected chi connectivity index (χ3v) is 3.35. The molecular weight excluding hydrogens is 174 g/mol. The van der Waals surface area contributed by atoms with Gasteiger partial charge >= 0.3 is 0 Å². The summed E-state index contributed by atoms with van der Waals surface area (Å²) in [5.74, 6) is 0.684. The summed E-state index contributed by atoms with van der Waals surface area (Å²) in [6, 6.07) is 1.10. The molecule has 0 aromatic heterocycles. The lowest BCUT2D eigenvalue weighted by Gasteiger charge is -2.13. The van der Waals surface area contributed by atoms with Crippen molar-refractivity contribution in [3.8, 4) is 0 Å². The molecule has 80 valence electrons. The Hall–Kier alpha value is -0.730. The van der Waals surface area contributed by atoms with E-state index in [0.717, 1.165) is 0 Å². The van der Waals surface area contributed by atoms with Crippen molar-refractivity contribution in [2.45, 2.75) is 63.5 Å². The molecule has 2 saturated carbocycles. The Morgan fingerprint density at radius 2 is 1.57 bits per heavy atom. The molecule has 0 saturated heterocycles. The van der Waals surface area contributed by atoms with Gasteiger partial charge in [-0.1, -0.05) is 25.7 Å². The summed E-state index contributed by atoms with van der Waals surface area (Å²) in [7, 11) is 0. The molecule has 0 atom stereocenters. The number of rotatable bonds is 2. The van der Waals surface area contributed by atoms with E-state index in [9.17, 15) is 0 Å². The Balaban J connectivity index is 1.77. The van der Waals surface area contributed by atoms with Crippen LogP contribution in [-0.2, 0) is 0 Å². The second-order valence-corrected chi connectivity index (χ2v) is 4.58. The molecule has 0 aliphatic heterocycles. The zero-order valence-electron chi connectivity index (χ0n) is 8.84. The summed E-state index contributed by atoms with van der Waals surface area (Å²) < 4.78 is 0. The molecule has 0 heterocycles. The van der Waals surface area contributed by atoms with Gasteiger partial charge in [-0.25, -0.2) is 0 Å². The minimum Gasteiger partial charge on any atom is -0.370 e. The fourth-order valence-electron chi connectivity index (χ4n) is 2.55. The highest BCUT2D eigenvalue weighted by Crippen LogP contribution is 2.21. The first-order valence-corrected chi connectivity index (χ1v) is 5.94. The number of aliphatic imine (C=N–C) groups is 1. The van der Waals surface area contributed by atoms with Crippen molar-refractivity contribution in [1.29, 1.82) is 0 Å². The van der Waals surface area contributed by atoms with Crippen LogP contribution in [0.3, 0.4) is 0 Å². The SMILES string of the molecule is NC(=NC1CCCC1)NC1CCCC1. The Morgan fingerprint density at radius 1 is 1.00 bits per heavy atom. The second-order valence-electron chi connectivity index (χ2n) is 4.58. The van der Waals surface area contributed by atoms with Gasteiger partial charge in [0.15, 0.2) is 5.96 Å². The number of nitrogens with one attached hydrogen (secondary N) is 1. The van der Waals surface area contributed by atoms with Crippen LogP contribution in [0.1, 0.15) is 51.4 Å². The summed E-state index contributed by atoms with van der Waals surface area (Å²) in [5.41, 5.74) is 5.87. The van der Waals surface area contributed by atoms with E-state index in [2.05, 4.69) is 10.3 Å². The van der Waals surface area contributed by atoms with Gasteiger partial charge in [0.2, 0.25) is 0 Å². The molecule has 2 rings (SSSR count). The third kappa shape index (κ3) is 2.63. The van der Waals surface area contributed by atoms with E-state index >= 15 is 0 Å². The molecule has 0 bridgehead atoms. The molecule has 0 unspecified atom stereocenters. The van der Waals surface area contributed by atoms with Crippen molar-refractivity contribution in [3.05, 3.63) is 0 Å². The topological polar surface area (TPSA) is 50.4 Å². The van der Waals surface area contributed by atoms with Crippen molar-refractivity contribution in [2.24, 2.45) is 10.7 Å². The van der Waals surface area contributed by atoms with E-state index in [0.29, 0.717) is 18.0 Å². The number of guanidine groups is 1. The number of nitrogens with zero attached hydrogens (tertiary/aromatic N) is 1. The van der Waals surface area contributed by atoms with Crippen LogP contribution in [0.5, 0.6) is 0 Å². The third-order valence-electron chi connectivity index (χ3n) is 3.35. The quantitative estimate of drug-likeness (QED) is 0.521. The molecule has 0 aromatic rings. The van der Waals surface area contributed by atoms with E-state index in [1.54, 1.807) is 0 Å².